The van der Waals surface area contributed by atoms with Crippen LogP contribution in [0.3, 0.4) is 0 Å². The average molecular weight is 549 g/mol. The number of pyridine rings is 1. The first kappa shape index (κ1) is 26.6. The lowest BCUT2D eigenvalue weighted by Gasteiger charge is -2.26. The Morgan fingerprint density at radius 1 is 1.18 bits per heavy atom. The van der Waals surface area contributed by atoms with Crippen LogP contribution >= 0.6 is 11.6 Å². The molecule has 2 aromatic heterocycles. The number of benzene rings is 2. The van der Waals surface area contributed by atoms with Crippen molar-refractivity contribution in [2.24, 2.45) is 5.73 Å². The van der Waals surface area contributed by atoms with Gasteiger partial charge in [0.2, 0.25) is 5.91 Å². The summed E-state index contributed by atoms with van der Waals surface area (Å²) in [5, 5.41) is 20.4. The highest BCUT2D eigenvalue weighted by Crippen LogP contribution is 2.46. The molecule has 3 heterocycles. The van der Waals surface area contributed by atoms with E-state index in [1.165, 1.54) is 18.2 Å². The first-order valence-electron chi connectivity index (χ1n) is 12.3. The number of ketones is 1. The van der Waals surface area contributed by atoms with E-state index in [0.717, 1.165) is 11.1 Å². The van der Waals surface area contributed by atoms with Gasteiger partial charge >= 0.3 is 0 Å². The highest BCUT2D eigenvalue weighted by molar-refractivity contribution is 6.31. The Kier molecular flexibility index (Phi) is 6.60. The maximum Gasteiger partial charge on any atom is 0.231 e. The first-order valence-corrected chi connectivity index (χ1v) is 12.7. The lowest BCUT2D eigenvalue weighted by Crippen LogP contribution is -2.40. The van der Waals surface area contributed by atoms with Crippen molar-refractivity contribution in [1.82, 2.24) is 15.2 Å². The molecule has 1 aliphatic heterocycles. The number of primary amides is 1. The van der Waals surface area contributed by atoms with Crippen molar-refractivity contribution >= 4 is 34.2 Å². The summed E-state index contributed by atoms with van der Waals surface area (Å²) in [5.41, 5.74) is 6.28. The zero-order valence-corrected chi connectivity index (χ0v) is 22.3. The van der Waals surface area contributed by atoms with E-state index in [9.17, 15) is 19.1 Å². The number of nitrogens with zero attached hydrogens (tertiary/aromatic N) is 3. The zero-order valence-electron chi connectivity index (χ0n) is 21.6. The molecule has 2 atom stereocenters. The number of aryl methyl sites for hydroxylation is 1. The van der Waals surface area contributed by atoms with Crippen LogP contribution in [0.2, 0.25) is 5.02 Å². The van der Waals surface area contributed by atoms with Crippen molar-refractivity contribution < 1.29 is 23.8 Å². The van der Waals surface area contributed by atoms with Crippen LogP contribution in [-0.4, -0.2) is 38.6 Å². The number of ether oxygens (including phenoxy) is 1. The SMILES string of the molecule is Cc1cc2cc(C(=O)CC[C@](C)(O)c3cc4c(c(-c5ccc(F)c(Cl)c5)n3)OC[C@]4(C)C(N)=O)ccc2nn1. The van der Waals surface area contributed by atoms with Crippen LogP contribution in [-0.2, 0) is 15.8 Å². The number of fused-ring (bicyclic) bond motifs is 2. The van der Waals surface area contributed by atoms with Crippen molar-refractivity contribution in [3.8, 4) is 17.0 Å². The number of nitrogens with two attached hydrogens (primary N) is 1. The minimum Gasteiger partial charge on any atom is -0.489 e. The van der Waals surface area contributed by atoms with Gasteiger partial charge in [0.25, 0.3) is 0 Å². The molecule has 10 heteroatoms. The minimum absolute atomic E-state index is 0.0167. The summed E-state index contributed by atoms with van der Waals surface area (Å²) in [6.45, 7) is 5.00. The standard InChI is InChI=1S/C29H26ClFN4O4/c1-15-10-18-11-16(5-7-22(18)35-34-15)23(36)8-9-29(3,38)24-13-19-26(39-14-28(19,2)27(32)37)25(33-24)17-4-6-21(31)20(30)12-17/h4-7,10-13,38H,8-9,14H2,1-3H3,(H2,32,37)/t28-,29-/m0/s1. The van der Waals surface area contributed by atoms with Gasteiger partial charge in [-0.05, 0) is 75.7 Å². The Hall–Kier alpha value is -3.95. The molecule has 200 valence electrons. The Balaban J connectivity index is 1.50. The molecule has 1 aliphatic rings. The van der Waals surface area contributed by atoms with Gasteiger partial charge in [0.15, 0.2) is 5.78 Å². The number of rotatable bonds is 7. The molecule has 0 fully saturated rings. The second-order valence-electron chi connectivity index (χ2n) is 10.3. The molecule has 0 unspecified atom stereocenters. The van der Waals surface area contributed by atoms with Crippen molar-refractivity contribution in [3.63, 3.8) is 0 Å². The molecule has 39 heavy (non-hydrogen) atoms. The molecule has 0 spiro atoms. The summed E-state index contributed by atoms with van der Waals surface area (Å²) in [6, 6.07) is 12.7. The van der Waals surface area contributed by atoms with Gasteiger partial charge in [0.05, 0.1) is 21.9 Å². The average Bonchev–Trinajstić information content (AvgIpc) is 3.26. The van der Waals surface area contributed by atoms with Gasteiger partial charge < -0.3 is 15.6 Å². The van der Waals surface area contributed by atoms with Crippen LogP contribution < -0.4 is 10.5 Å². The number of carbonyl (C=O) groups is 2. The van der Waals surface area contributed by atoms with Crippen molar-refractivity contribution in [2.75, 3.05) is 6.61 Å². The number of aromatic nitrogens is 3. The van der Waals surface area contributed by atoms with Gasteiger partial charge in [-0.3, -0.25) is 9.59 Å². The topological polar surface area (TPSA) is 128 Å². The van der Waals surface area contributed by atoms with Gasteiger partial charge in [-0.2, -0.15) is 10.2 Å². The fourth-order valence-electron chi connectivity index (χ4n) is 4.65. The van der Waals surface area contributed by atoms with Gasteiger partial charge in [-0.15, -0.1) is 0 Å². The lowest BCUT2D eigenvalue weighted by atomic mass is 9.81. The van der Waals surface area contributed by atoms with Gasteiger partial charge in [-0.1, -0.05) is 11.6 Å². The molecule has 1 amide bonds. The Labute approximate surface area is 229 Å². The number of carbonyl (C=O) groups excluding carboxylic acids is 2. The van der Waals surface area contributed by atoms with E-state index in [2.05, 4.69) is 15.2 Å². The molecule has 0 bridgehead atoms. The van der Waals surface area contributed by atoms with E-state index in [0.29, 0.717) is 28.0 Å². The highest BCUT2D eigenvalue weighted by Gasteiger charge is 2.45. The molecule has 2 aromatic carbocycles. The molecule has 3 N–H and O–H groups in total. The van der Waals surface area contributed by atoms with E-state index >= 15 is 0 Å². The third-order valence-electron chi connectivity index (χ3n) is 7.23. The Morgan fingerprint density at radius 2 is 1.95 bits per heavy atom. The van der Waals surface area contributed by atoms with Crippen LogP contribution in [0, 0.1) is 12.7 Å². The van der Waals surface area contributed by atoms with Crippen LogP contribution in [0.1, 0.15) is 54.0 Å². The molecule has 0 aliphatic carbocycles. The highest BCUT2D eigenvalue weighted by atomic mass is 35.5. The summed E-state index contributed by atoms with van der Waals surface area (Å²) in [5.74, 6) is -1.06. The van der Waals surface area contributed by atoms with Crippen LogP contribution in [0.4, 0.5) is 4.39 Å². The number of amides is 1. The molecule has 0 saturated carbocycles. The third kappa shape index (κ3) is 4.84. The molecule has 4 aromatic rings. The number of aliphatic hydroxyl groups is 1. The van der Waals surface area contributed by atoms with E-state index in [1.807, 2.05) is 13.0 Å². The predicted molar refractivity (Wildman–Crippen MR) is 144 cm³/mol. The maximum atomic E-state index is 13.9. The summed E-state index contributed by atoms with van der Waals surface area (Å²) in [4.78, 5) is 30.2. The fourth-order valence-corrected chi connectivity index (χ4v) is 4.83. The van der Waals surface area contributed by atoms with Crippen LogP contribution in [0.25, 0.3) is 22.2 Å². The number of halogens is 2. The van der Waals surface area contributed by atoms with Gasteiger partial charge in [0, 0.05) is 28.5 Å². The molecule has 5 rings (SSSR count). The van der Waals surface area contributed by atoms with Crippen LogP contribution in [0.15, 0.2) is 48.5 Å². The predicted octanol–water partition coefficient (Wildman–Crippen LogP) is 4.80. The molecule has 0 saturated heterocycles. The van der Waals surface area contributed by atoms with Gasteiger partial charge in [-0.25, -0.2) is 9.37 Å². The third-order valence-corrected chi connectivity index (χ3v) is 7.52. The van der Waals surface area contributed by atoms with E-state index in [4.69, 9.17) is 22.1 Å². The second-order valence-corrected chi connectivity index (χ2v) is 10.7. The Bertz CT molecular complexity index is 1660. The monoisotopic (exact) mass is 548 g/mol. The summed E-state index contributed by atoms with van der Waals surface area (Å²) < 4.78 is 19.7. The summed E-state index contributed by atoms with van der Waals surface area (Å²) in [7, 11) is 0. The number of hydrogen-bond acceptors (Lipinski definition) is 7. The number of hydrogen-bond donors (Lipinski definition) is 2. The fraction of sp³-hybridized carbons (Fsp3) is 0.276. The van der Waals surface area contributed by atoms with E-state index < -0.39 is 22.7 Å². The summed E-state index contributed by atoms with van der Waals surface area (Å²) >= 11 is 6.03. The lowest BCUT2D eigenvalue weighted by molar-refractivity contribution is -0.123. The van der Waals surface area contributed by atoms with Crippen molar-refractivity contribution in [3.05, 3.63) is 81.9 Å². The van der Waals surface area contributed by atoms with Gasteiger partial charge in [0.1, 0.15) is 34.9 Å². The molecule has 0 radical (unpaired) electrons. The minimum atomic E-state index is -1.57. The maximum absolute atomic E-state index is 13.9. The molecular weight excluding hydrogens is 523 g/mol. The first-order chi connectivity index (χ1) is 18.4. The Morgan fingerprint density at radius 3 is 2.67 bits per heavy atom. The van der Waals surface area contributed by atoms with E-state index in [1.54, 1.807) is 38.1 Å². The van der Waals surface area contributed by atoms with E-state index in [-0.39, 0.29) is 41.6 Å². The summed E-state index contributed by atoms with van der Waals surface area (Å²) in [6.07, 6.45) is 0.0666. The number of Topliss-reactive ketones (excluding diaryl/α,β-unsaturated/α-hetero) is 1. The smallest absolute Gasteiger partial charge is 0.231 e. The van der Waals surface area contributed by atoms with Crippen molar-refractivity contribution in [1.29, 1.82) is 0 Å². The normalized spacial score (nSPS) is 17.9. The molecule has 8 nitrogen and oxygen atoms in total. The van der Waals surface area contributed by atoms with Crippen molar-refractivity contribution in [2.45, 2.75) is 44.6 Å². The molecular formula is C29H26ClFN4O4. The van der Waals surface area contributed by atoms with Crippen LogP contribution in [0.5, 0.6) is 5.75 Å². The largest absolute Gasteiger partial charge is 0.489 e. The quantitative estimate of drug-likeness (QED) is 0.317. The zero-order chi connectivity index (χ0) is 28.1. The second kappa shape index (κ2) is 9.66.